The Balaban J connectivity index is 2.44. The Morgan fingerprint density at radius 1 is 1.42 bits per heavy atom. The van der Waals surface area contributed by atoms with E-state index in [2.05, 4.69) is 5.32 Å². The number of nitro groups is 1. The summed E-state index contributed by atoms with van der Waals surface area (Å²) in [6.45, 7) is 4.46. The lowest BCUT2D eigenvalue weighted by atomic mass is 10.1. The molecule has 1 saturated heterocycles. The van der Waals surface area contributed by atoms with Gasteiger partial charge in [-0.2, -0.15) is 0 Å². The molecule has 0 amide bonds. The van der Waals surface area contributed by atoms with Crippen LogP contribution in [-0.4, -0.2) is 30.6 Å². The van der Waals surface area contributed by atoms with Crippen LogP contribution in [0, 0.1) is 10.1 Å². The molecule has 1 aliphatic heterocycles. The number of hydrogen-bond donors (Lipinski definition) is 1. The molecule has 0 saturated carbocycles. The molecule has 1 aliphatic rings. The van der Waals surface area contributed by atoms with Gasteiger partial charge in [-0.25, -0.2) is 0 Å². The zero-order valence-corrected chi connectivity index (χ0v) is 12.0. The molecule has 104 valence electrons. The van der Waals surface area contributed by atoms with Crippen molar-refractivity contribution in [3.05, 3.63) is 32.3 Å². The third-order valence-electron chi connectivity index (χ3n) is 3.19. The highest BCUT2D eigenvalue weighted by molar-refractivity contribution is 6.42. The molecule has 2 rings (SSSR count). The summed E-state index contributed by atoms with van der Waals surface area (Å²) in [7, 11) is 0. The molecule has 0 radical (unpaired) electrons. The van der Waals surface area contributed by atoms with Crippen molar-refractivity contribution in [1.29, 1.82) is 0 Å². The number of halogens is 2. The van der Waals surface area contributed by atoms with Crippen LogP contribution in [0.4, 0.5) is 11.4 Å². The minimum Gasteiger partial charge on any atom is -0.360 e. The third kappa shape index (κ3) is 2.94. The Labute approximate surface area is 121 Å². The van der Waals surface area contributed by atoms with Gasteiger partial charge in [-0.05, 0) is 12.5 Å². The maximum Gasteiger partial charge on any atom is 0.294 e. The van der Waals surface area contributed by atoms with E-state index in [1.165, 1.54) is 6.07 Å². The zero-order valence-electron chi connectivity index (χ0n) is 10.5. The van der Waals surface area contributed by atoms with E-state index in [9.17, 15) is 10.1 Å². The van der Waals surface area contributed by atoms with E-state index in [1.54, 1.807) is 6.07 Å². The average Bonchev–Trinajstić information content (AvgIpc) is 2.29. The summed E-state index contributed by atoms with van der Waals surface area (Å²) in [4.78, 5) is 12.8. The molecule has 5 nitrogen and oxygen atoms in total. The molecule has 0 bridgehead atoms. The van der Waals surface area contributed by atoms with E-state index in [0.29, 0.717) is 10.7 Å². The van der Waals surface area contributed by atoms with E-state index in [-0.39, 0.29) is 16.8 Å². The van der Waals surface area contributed by atoms with E-state index in [4.69, 9.17) is 23.2 Å². The summed E-state index contributed by atoms with van der Waals surface area (Å²) in [6, 6.07) is 3.19. The fourth-order valence-corrected chi connectivity index (χ4v) is 2.45. The SMILES string of the molecule is CCCN(c1cc(Cl)c(Cl)cc1[N+](=O)[O-])C1CNC1. The van der Waals surface area contributed by atoms with Crippen molar-refractivity contribution >= 4 is 34.6 Å². The van der Waals surface area contributed by atoms with Crippen molar-refractivity contribution in [2.45, 2.75) is 19.4 Å². The number of nitrogens with one attached hydrogen (secondary N) is 1. The van der Waals surface area contributed by atoms with Gasteiger partial charge in [-0.3, -0.25) is 10.1 Å². The Hall–Kier alpha value is -1.04. The normalized spacial score (nSPS) is 15.1. The van der Waals surface area contributed by atoms with Crippen LogP contribution in [0.2, 0.25) is 10.0 Å². The van der Waals surface area contributed by atoms with E-state index in [0.717, 1.165) is 26.1 Å². The zero-order chi connectivity index (χ0) is 14.0. The van der Waals surface area contributed by atoms with Gasteiger partial charge in [0.2, 0.25) is 0 Å². The van der Waals surface area contributed by atoms with Crippen LogP contribution in [0.1, 0.15) is 13.3 Å². The first-order valence-corrected chi connectivity index (χ1v) is 6.91. The number of anilines is 1. The summed E-state index contributed by atoms with van der Waals surface area (Å²) in [6.07, 6.45) is 0.911. The van der Waals surface area contributed by atoms with Crippen molar-refractivity contribution in [1.82, 2.24) is 5.32 Å². The summed E-state index contributed by atoms with van der Waals surface area (Å²) < 4.78 is 0. The molecule has 7 heteroatoms. The Kier molecular flexibility index (Phi) is 4.50. The minimum absolute atomic E-state index is 0.00903. The predicted molar refractivity (Wildman–Crippen MR) is 77.4 cm³/mol. The quantitative estimate of drug-likeness (QED) is 0.671. The van der Waals surface area contributed by atoms with Gasteiger partial charge in [-0.1, -0.05) is 30.1 Å². The lowest BCUT2D eigenvalue weighted by molar-refractivity contribution is -0.384. The Bertz CT molecular complexity index is 492. The molecule has 0 atom stereocenters. The first-order chi connectivity index (χ1) is 9.04. The van der Waals surface area contributed by atoms with Crippen LogP contribution in [0.3, 0.4) is 0 Å². The molecule has 1 aromatic rings. The van der Waals surface area contributed by atoms with Gasteiger partial charge in [-0.15, -0.1) is 0 Å². The van der Waals surface area contributed by atoms with Gasteiger partial charge >= 0.3 is 0 Å². The van der Waals surface area contributed by atoms with Crippen LogP contribution in [0.5, 0.6) is 0 Å². The first-order valence-electron chi connectivity index (χ1n) is 6.15. The number of nitro benzene ring substituents is 1. The van der Waals surface area contributed by atoms with Crippen molar-refractivity contribution in [2.75, 3.05) is 24.5 Å². The molecule has 1 heterocycles. The molecule has 0 spiro atoms. The van der Waals surface area contributed by atoms with Crippen molar-refractivity contribution < 1.29 is 4.92 Å². The molecule has 0 aromatic heterocycles. The third-order valence-corrected chi connectivity index (χ3v) is 3.91. The van der Waals surface area contributed by atoms with Crippen LogP contribution >= 0.6 is 23.2 Å². The Morgan fingerprint density at radius 2 is 2.05 bits per heavy atom. The fourth-order valence-electron chi connectivity index (χ4n) is 2.14. The highest BCUT2D eigenvalue weighted by Crippen LogP contribution is 2.37. The minimum atomic E-state index is -0.410. The number of rotatable bonds is 5. The van der Waals surface area contributed by atoms with Crippen LogP contribution in [-0.2, 0) is 0 Å². The molecular formula is C12H15Cl2N3O2. The van der Waals surface area contributed by atoms with E-state index in [1.807, 2.05) is 11.8 Å². The number of hydrogen-bond acceptors (Lipinski definition) is 4. The largest absolute Gasteiger partial charge is 0.360 e. The fraction of sp³-hybridized carbons (Fsp3) is 0.500. The lowest BCUT2D eigenvalue weighted by Crippen LogP contribution is -2.57. The second-order valence-electron chi connectivity index (χ2n) is 4.52. The predicted octanol–water partition coefficient (Wildman–Crippen LogP) is 3.09. The summed E-state index contributed by atoms with van der Waals surface area (Å²) in [5, 5.41) is 14.9. The maximum atomic E-state index is 11.2. The monoisotopic (exact) mass is 303 g/mol. The highest BCUT2D eigenvalue weighted by Gasteiger charge is 2.29. The molecule has 1 fully saturated rings. The lowest BCUT2D eigenvalue weighted by Gasteiger charge is -2.39. The van der Waals surface area contributed by atoms with Gasteiger partial charge < -0.3 is 10.2 Å². The molecule has 0 aliphatic carbocycles. The molecule has 1 N–H and O–H groups in total. The van der Waals surface area contributed by atoms with Crippen molar-refractivity contribution in [3.63, 3.8) is 0 Å². The number of benzene rings is 1. The van der Waals surface area contributed by atoms with Crippen molar-refractivity contribution in [2.24, 2.45) is 0 Å². The standard InChI is InChI=1S/C12H15Cl2N3O2/c1-2-3-16(8-6-15-7-8)11-4-9(13)10(14)5-12(11)17(18)19/h4-5,8,15H,2-3,6-7H2,1H3. The summed E-state index contributed by atoms with van der Waals surface area (Å²) in [5.41, 5.74) is 0.558. The maximum absolute atomic E-state index is 11.2. The van der Waals surface area contributed by atoms with E-state index >= 15 is 0 Å². The van der Waals surface area contributed by atoms with Gasteiger partial charge in [0.05, 0.1) is 21.0 Å². The molecule has 0 unspecified atom stereocenters. The van der Waals surface area contributed by atoms with Crippen LogP contribution < -0.4 is 10.2 Å². The van der Waals surface area contributed by atoms with Gasteiger partial charge in [0, 0.05) is 25.7 Å². The second-order valence-corrected chi connectivity index (χ2v) is 5.33. The average molecular weight is 304 g/mol. The molecule has 1 aromatic carbocycles. The Morgan fingerprint density at radius 3 is 2.53 bits per heavy atom. The highest BCUT2D eigenvalue weighted by atomic mass is 35.5. The topological polar surface area (TPSA) is 58.4 Å². The summed E-state index contributed by atoms with van der Waals surface area (Å²) in [5.74, 6) is 0. The van der Waals surface area contributed by atoms with Gasteiger partial charge in [0.25, 0.3) is 5.69 Å². The van der Waals surface area contributed by atoms with Gasteiger partial charge in [0.1, 0.15) is 5.69 Å². The second kappa shape index (κ2) is 5.94. The van der Waals surface area contributed by atoms with Crippen molar-refractivity contribution in [3.8, 4) is 0 Å². The molecular weight excluding hydrogens is 289 g/mol. The van der Waals surface area contributed by atoms with Gasteiger partial charge in [0.15, 0.2) is 0 Å². The smallest absolute Gasteiger partial charge is 0.294 e. The van der Waals surface area contributed by atoms with E-state index < -0.39 is 4.92 Å². The van der Waals surface area contributed by atoms with Crippen LogP contribution in [0.15, 0.2) is 12.1 Å². The van der Waals surface area contributed by atoms with Crippen LogP contribution in [0.25, 0.3) is 0 Å². The summed E-state index contributed by atoms with van der Waals surface area (Å²) >= 11 is 11.9. The molecule has 19 heavy (non-hydrogen) atoms. The first kappa shape index (κ1) is 14.4. The number of nitrogens with zero attached hydrogens (tertiary/aromatic N) is 2.